The average molecular weight is 330 g/mol. The van der Waals surface area contributed by atoms with E-state index in [4.69, 9.17) is 26.8 Å². The largest absolute Gasteiger partial charge is 0.490 e. The van der Waals surface area contributed by atoms with Crippen LogP contribution in [-0.2, 0) is 9.53 Å². The van der Waals surface area contributed by atoms with Crippen molar-refractivity contribution in [2.45, 2.75) is 6.92 Å². The first kappa shape index (κ1) is 17.6. The van der Waals surface area contributed by atoms with E-state index in [1.807, 2.05) is 0 Å². The molecule has 1 aromatic rings. The number of halogens is 1. The van der Waals surface area contributed by atoms with Crippen molar-refractivity contribution in [3.63, 3.8) is 0 Å². The van der Waals surface area contributed by atoms with Gasteiger partial charge < -0.3 is 19.9 Å². The standard InChI is InChI=1S/C13H16ClN3O5/c1-3-21-10-4-8(6-16-17-13(15)19)9(14)5-11(10)22-7-12(18)20-2/h4-6H,3,7H2,1-2H3,(H3,15,17,19). The summed E-state index contributed by atoms with van der Waals surface area (Å²) < 4.78 is 15.2. The molecule has 0 heterocycles. The Morgan fingerprint density at radius 3 is 2.64 bits per heavy atom. The fourth-order valence-corrected chi connectivity index (χ4v) is 1.59. The highest BCUT2D eigenvalue weighted by molar-refractivity contribution is 6.33. The van der Waals surface area contributed by atoms with Gasteiger partial charge in [0.05, 0.1) is 25.0 Å². The number of urea groups is 1. The molecule has 1 aromatic carbocycles. The van der Waals surface area contributed by atoms with Crippen LogP contribution in [0, 0.1) is 0 Å². The summed E-state index contributed by atoms with van der Waals surface area (Å²) in [6, 6.07) is 2.24. The minimum Gasteiger partial charge on any atom is -0.490 e. The van der Waals surface area contributed by atoms with Gasteiger partial charge in [-0.3, -0.25) is 0 Å². The number of hydrogen-bond acceptors (Lipinski definition) is 6. The molecule has 0 aliphatic heterocycles. The minimum absolute atomic E-state index is 0.274. The highest BCUT2D eigenvalue weighted by Gasteiger charge is 2.12. The molecule has 0 unspecified atom stereocenters. The average Bonchev–Trinajstić information content (AvgIpc) is 2.48. The van der Waals surface area contributed by atoms with Gasteiger partial charge in [-0.1, -0.05) is 11.6 Å². The number of nitrogens with zero attached hydrogens (tertiary/aromatic N) is 1. The molecule has 0 aromatic heterocycles. The van der Waals surface area contributed by atoms with E-state index >= 15 is 0 Å². The highest BCUT2D eigenvalue weighted by atomic mass is 35.5. The number of amides is 2. The summed E-state index contributed by atoms with van der Waals surface area (Å²) in [6.07, 6.45) is 1.31. The van der Waals surface area contributed by atoms with E-state index < -0.39 is 12.0 Å². The molecule has 0 spiro atoms. The third-order valence-electron chi connectivity index (χ3n) is 2.31. The van der Waals surface area contributed by atoms with Gasteiger partial charge in [0, 0.05) is 11.6 Å². The van der Waals surface area contributed by atoms with Gasteiger partial charge in [0.15, 0.2) is 18.1 Å². The van der Waals surface area contributed by atoms with E-state index in [9.17, 15) is 9.59 Å². The Hall–Kier alpha value is -2.48. The molecule has 3 N–H and O–H groups in total. The van der Waals surface area contributed by atoms with Crippen molar-refractivity contribution in [1.82, 2.24) is 5.43 Å². The lowest BCUT2D eigenvalue weighted by Crippen LogP contribution is -2.24. The van der Waals surface area contributed by atoms with E-state index in [0.29, 0.717) is 22.9 Å². The molecule has 0 saturated heterocycles. The number of methoxy groups -OCH3 is 1. The summed E-state index contributed by atoms with van der Waals surface area (Å²) in [5.41, 5.74) is 7.42. The second-order valence-corrected chi connectivity index (χ2v) is 4.26. The first-order valence-electron chi connectivity index (χ1n) is 6.22. The van der Waals surface area contributed by atoms with Gasteiger partial charge in [-0.05, 0) is 13.0 Å². The Morgan fingerprint density at radius 1 is 1.36 bits per heavy atom. The Labute approximate surface area is 132 Å². The van der Waals surface area contributed by atoms with Crippen LogP contribution in [0.5, 0.6) is 11.5 Å². The summed E-state index contributed by atoms with van der Waals surface area (Å²) in [7, 11) is 1.26. The van der Waals surface area contributed by atoms with Crippen LogP contribution in [0.15, 0.2) is 17.2 Å². The number of ether oxygens (including phenoxy) is 3. The Balaban J connectivity index is 2.98. The Kier molecular flexibility index (Phi) is 6.97. The molecule has 1 rings (SSSR count). The molecule has 0 aliphatic rings. The maximum Gasteiger partial charge on any atom is 0.343 e. The predicted molar refractivity (Wildman–Crippen MR) is 80.4 cm³/mol. The molecular formula is C13H16ClN3O5. The number of carbonyl (C=O) groups excluding carboxylic acids is 2. The van der Waals surface area contributed by atoms with Gasteiger partial charge in [-0.25, -0.2) is 15.0 Å². The molecule has 0 bridgehead atoms. The van der Waals surface area contributed by atoms with E-state index in [-0.39, 0.29) is 12.4 Å². The number of rotatable bonds is 7. The van der Waals surface area contributed by atoms with E-state index in [1.54, 1.807) is 13.0 Å². The van der Waals surface area contributed by atoms with Crippen LogP contribution in [-0.4, -0.2) is 38.5 Å². The van der Waals surface area contributed by atoms with Crippen molar-refractivity contribution in [3.8, 4) is 11.5 Å². The van der Waals surface area contributed by atoms with E-state index in [0.717, 1.165) is 0 Å². The molecule has 2 amide bonds. The quantitative estimate of drug-likeness (QED) is 0.444. The topological polar surface area (TPSA) is 112 Å². The lowest BCUT2D eigenvalue weighted by Gasteiger charge is -2.13. The second kappa shape index (κ2) is 8.73. The highest BCUT2D eigenvalue weighted by Crippen LogP contribution is 2.33. The second-order valence-electron chi connectivity index (χ2n) is 3.85. The third kappa shape index (κ3) is 5.49. The van der Waals surface area contributed by atoms with Crippen LogP contribution in [0.1, 0.15) is 12.5 Å². The molecule has 8 nitrogen and oxygen atoms in total. The zero-order chi connectivity index (χ0) is 16.5. The molecule has 0 saturated carbocycles. The molecule has 120 valence electrons. The zero-order valence-electron chi connectivity index (χ0n) is 12.1. The SMILES string of the molecule is CCOc1cc(C=NNC(N)=O)c(Cl)cc1OCC(=O)OC. The molecule has 0 atom stereocenters. The smallest absolute Gasteiger partial charge is 0.343 e. The zero-order valence-corrected chi connectivity index (χ0v) is 12.8. The summed E-state index contributed by atoms with van der Waals surface area (Å²) >= 11 is 6.08. The predicted octanol–water partition coefficient (Wildman–Crippen LogP) is 1.29. The fourth-order valence-electron chi connectivity index (χ4n) is 1.39. The van der Waals surface area contributed by atoms with E-state index in [2.05, 4.69) is 15.3 Å². The number of hydrogen-bond donors (Lipinski definition) is 2. The number of nitrogens with two attached hydrogens (primary N) is 1. The van der Waals surface area contributed by atoms with Gasteiger partial charge in [-0.15, -0.1) is 0 Å². The van der Waals surface area contributed by atoms with Crippen molar-refractivity contribution < 1.29 is 23.8 Å². The molecular weight excluding hydrogens is 314 g/mol. The summed E-state index contributed by atoms with van der Waals surface area (Å²) in [5.74, 6) is 0.128. The van der Waals surface area contributed by atoms with Crippen molar-refractivity contribution in [1.29, 1.82) is 0 Å². The Morgan fingerprint density at radius 2 is 2.05 bits per heavy atom. The van der Waals surface area contributed by atoms with Gasteiger partial charge in [-0.2, -0.15) is 5.10 Å². The first-order valence-corrected chi connectivity index (χ1v) is 6.60. The Bertz CT molecular complexity index is 577. The van der Waals surface area contributed by atoms with Gasteiger partial charge >= 0.3 is 12.0 Å². The van der Waals surface area contributed by atoms with Crippen LogP contribution < -0.4 is 20.6 Å². The van der Waals surface area contributed by atoms with E-state index in [1.165, 1.54) is 19.4 Å². The number of primary amides is 1. The molecule has 0 fully saturated rings. The number of benzene rings is 1. The maximum absolute atomic E-state index is 11.1. The summed E-state index contributed by atoms with van der Waals surface area (Å²) in [5, 5.41) is 3.91. The third-order valence-corrected chi connectivity index (χ3v) is 2.64. The maximum atomic E-state index is 11.1. The van der Waals surface area contributed by atoms with Crippen LogP contribution in [0.3, 0.4) is 0 Å². The van der Waals surface area contributed by atoms with Crippen LogP contribution in [0.25, 0.3) is 0 Å². The fraction of sp³-hybridized carbons (Fsp3) is 0.308. The van der Waals surface area contributed by atoms with Crippen molar-refractivity contribution in [2.75, 3.05) is 20.3 Å². The number of hydrazone groups is 1. The van der Waals surface area contributed by atoms with Gasteiger partial charge in [0.2, 0.25) is 0 Å². The van der Waals surface area contributed by atoms with Crippen LogP contribution >= 0.6 is 11.6 Å². The molecule has 0 radical (unpaired) electrons. The monoisotopic (exact) mass is 329 g/mol. The number of carbonyl (C=O) groups is 2. The first-order chi connectivity index (χ1) is 10.5. The van der Waals surface area contributed by atoms with Crippen molar-refractivity contribution in [2.24, 2.45) is 10.8 Å². The van der Waals surface area contributed by atoms with Crippen LogP contribution in [0.4, 0.5) is 4.79 Å². The molecule has 22 heavy (non-hydrogen) atoms. The minimum atomic E-state index is -0.796. The van der Waals surface area contributed by atoms with Crippen LogP contribution in [0.2, 0.25) is 5.02 Å². The summed E-state index contributed by atoms with van der Waals surface area (Å²) in [4.78, 5) is 21.7. The normalized spacial score (nSPS) is 10.3. The van der Waals surface area contributed by atoms with Crippen molar-refractivity contribution in [3.05, 3.63) is 22.7 Å². The molecule has 9 heteroatoms. The lowest BCUT2D eigenvalue weighted by atomic mass is 10.2. The number of nitrogens with one attached hydrogen (secondary N) is 1. The van der Waals surface area contributed by atoms with Crippen molar-refractivity contribution >= 4 is 29.8 Å². The van der Waals surface area contributed by atoms with Gasteiger partial charge in [0.25, 0.3) is 0 Å². The number of esters is 1. The summed E-state index contributed by atoms with van der Waals surface area (Å²) in [6.45, 7) is 1.90. The van der Waals surface area contributed by atoms with Gasteiger partial charge in [0.1, 0.15) is 0 Å². The molecule has 0 aliphatic carbocycles. The lowest BCUT2D eigenvalue weighted by molar-refractivity contribution is -0.142.